The van der Waals surface area contributed by atoms with Gasteiger partial charge in [-0.2, -0.15) is 0 Å². The molecule has 3 aromatic rings. The molecule has 0 aliphatic carbocycles. The lowest BCUT2D eigenvalue weighted by molar-refractivity contribution is -0.124. The van der Waals surface area contributed by atoms with E-state index < -0.39 is 27.6 Å². The van der Waals surface area contributed by atoms with Gasteiger partial charge in [0.1, 0.15) is 11.5 Å². The van der Waals surface area contributed by atoms with Crippen LogP contribution in [0.5, 0.6) is 0 Å². The van der Waals surface area contributed by atoms with Crippen molar-refractivity contribution >= 4 is 22.0 Å². The first-order valence-corrected chi connectivity index (χ1v) is 10.3. The van der Waals surface area contributed by atoms with Gasteiger partial charge in [-0.05, 0) is 29.3 Å². The van der Waals surface area contributed by atoms with Crippen molar-refractivity contribution in [1.82, 2.24) is 25.2 Å². The number of hydrogen-bond acceptors (Lipinski definition) is 6. The van der Waals surface area contributed by atoms with Crippen molar-refractivity contribution in [2.45, 2.75) is 12.4 Å². The number of carbonyl (C=O) groups is 1. The van der Waals surface area contributed by atoms with E-state index in [9.17, 15) is 17.6 Å². The summed E-state index contributed by atoms with van der Waals surface area (Å²) >= 11 is 0. The largest absolute Gasteiger partial charge is 0.288 e. The number of benzene rings is 2. The summed E-state index contributed by atoms with van der Waals surface area (Å²) in [5.41, 5.74) is 3.26. The molecule has 0 aliphatic heterocycles. The average Bonchev–Trinajstić information content (AvgIpc) is 3.18. The fourth-order valence-electron chi connectivity index (χ4n) is 2.58. The Morgan fingerprint density at radius 3 is 2.77 bits per heavy atom. The molecule has 3 N–H and O–H groups in total. The van der Waals surface area contributed by atoms with Crippen LogP contribution in [0.4, 0.5) is 4.39 Å². The molecule has 30 heavy (non-hydrogen) atoms. The number of hydroxylamine groups is 1. The third-order valence-electron chi connectivity index (χ3n) is 3.98. The minimum Gasteiger partial charge on any atom is -0.288 e. The van der Waals surface area contributed by atoms with Gasteiger partial charge in [0.2, 0.25) is 10.0 Å². The van der Waals surface area contributed by atoms with Gasteiger partial charge in [0.25, 0.3) is 5.91 Å². The molecule has 0 atom stereocenters. The second-order valence-electron chi connectivity index (χ2n) is 6.24. The SMILES string of the molecule is O=C(/C=C/c1cccc(CNS(=O)(=O)Cn2cc(-c3ccccc3F)nn2)c1)NO. The van der Waals surface area contributed by atoms with Gasteiger partial charge in [0.05, 0.1) is 6.20 Å². The second kappa shape index (κ2) is 9.39. The van der Waals surface area contributed by atoms with Crippen molar-refractivity contribution in [2.24, 2.45) is 0 Å². The molecule has 2 aromatic carbocycles. The standard InChI is InChI=1S/C19H18FN5O4S/c20-17-7-2-1-6-16(17)18-12-25(24-22-18)13-30(28,29)21-11-15-5-3-4-14(10-15)8-9-19(26)23-27/h1-10,12,21,27H,11,13H2,(H,23,26)/b9-8+. The Balaban J connectivity index is 1.63. The van der Waals surface area contributed by atoms with Crippen LogP contribution in [0.1, 0.15) is 11.1 Å². The summed E-state index contributed by atoms with van der Waals surface area (Å²) in [4.78, 5) is 11.0. The van der Waals surface area contributed by atoms with Crippen LogP contribution in [0.2, 0.25) is 0 Å². The van der Waals surface area contributed by atoms with Gasteiger partial charge in [-0.3, -0.25) is 10.0 Å². The Kier molecular flexibility index (Phi) is 6.67. The number of nitrogens with zero attached hydrogens (tertiary/aromatic N) is 3. The van der Waals surface area contributed by atoms with E-state index in [-0.39, 0.29) is 17.8 Å². The number of sulfonamides is 1. The number of amides is 1. The summed E-state index contributed by atoms with van der Waals surface area (Å²) in [6.45, 7) is 0.0189. The lowest BCUT2D eigenvalue weighted by Crippen LogP contribution is -2.27. The number of aromatic nitrogens is 3. The highest BCUT2D eigenvalue weighted by molar-refractivity contribution is 7.88. The van der Waals surface area contributed by atoms with Crippen LogP contribution < -0.4 is 10.2 Å². The molecule has 0 fully saturated rings. The molecule has 11 heteroatoms. The predicted molar refractivity (Wildman–Crippen MR) is 107 cm³/mol. The first-order valence-electron chi connectivity index (χ1n) is 8.70. The molecular formula is C19H18FN5O4S. The molecule has 0 aliphatic rings. The van der Waals surface area contributed by atoms with Crippen molar-refractivity contribution < 1.29 is 22.8 Å². The van der Waals surface area contributed by atoms with Gasteiger partial charge in [0.15, 0.2) is 5.88 Å². The topological polar surface area (TPSA) is 126 Å². The van der Waals surface area contributed by atoms with Gasteiger partial charge in [-0.1, -0.05) is 41.6 Å². The molecule has 0 saturated carbocycles. The van der Waals surface area contributed by atoms with Crippen molar-refractivity contribution in [3.8, 4) is 11.3 Å². The molecule has 156 valence electrons. The molecule has 0 unspecified atom stereocenters. The summed E-state index contributed by atoms with van der Waals surface area (Å²) in [7, 11) is -3.75. The molecule has 1 aromatic heterocycles. The van der Waals surface area contributed by atoms with Gasteiger partial charge >= 0.3 is 0 Å². The Morgan fingerprint density at radius 1 is 1.20 bits per heavy atom. The monoisotopic (exact) mass is 431 g/mol. The number of nitrogens with one attached hydrogen (secondary N) is 2. The van der Waals surface area contributed by atoms with Crippen LogP contribution in [0.25, 0.3) is 17.3 Å². The zero-order valence-corrected chi connectivity index (χ0v) is 16.4. The molecule has 1 heterocycles. The Labute approximate surface area is 171 Å². The van der Waals surface area contributed by atoms with Crippen LogP contribution >= 0.6 is 0 Å². The van der Waals surface area contributed by atoms with E-state index in [1.54, 1.807) is 36.4 Å². The van der Waals surface area contributed by atoms with Crippen molar-refractivity contribution in [2.75, 3.05) is 0 Å². The maximum Gasteiger partial charge on any atom is 0.267 e. The van der Waals surface area contributed by atoms with Crippen LogP contribution in [-0.2, 0) is 27.2 Å². The van der Waals surface area contributed by atoms with Crippen LogP contribution in [-0.4, -0.2) is 34.5 Å². The van der Waals surface area contributed by atoms with Crippen LogP contribution in [0, 0.1) is 5.82 Å². The molecule has 0 bridgehead atoms. The summed E-state index contributed by atoms with van der Waals surface area (Å²) in [6.07, 6.45) is 3.97. The molecule has 0 spiro atoms. The van der Waals surface area contributed by atoms with Gasteiger partial charge in [0, 0.05) is 18.2 Å². The van der Waals surface area contributed by atoms with E-state index in [4.69, 9.17) is 5.21 Å². The van der Waals surface area contributed by atoms with Crippen molar-refractivity contribution in [3.63, 3.8) is 0 Å². The Hall–Kier alpha value is -3.41. The van der Waals surface area contributed by atoms with Gasteiger partial charge < -0.3 is 0 Å². The Bertz CT molecular complexity index is 1180. The smallest absolute Gasteiger partial charge is 0.267 e. The summed E-state index contributed by atoms with van der Waals surface area (Å²) in [5, 5.41) is 16.1. The molecular weight excluding hydrogens is 413 g/mol. The van der Waals surface area contributed by atoms with Crippen molar-refractivity contribution in [1.29, 1.82) is 0 Å². The number of hydrogen-bond donors (Lipinski definition) is 3. The van der Waals surface area contributed by atoms with E-state index in [0.717, 1.165) is 10.8 Å². The second-order valence-corrected chi connectivity index (χ2v) is 8.02. The number of rotatable bonds is 8. The highest BCUT2D eigenvalue weighted by Crippen LogP contribution is 2.19. The molecule has 0 radical (unpaired) electrons. The maximum absolute atomic E-state index is 13.8. The first-order chi connectivity index (χ1) is 14.4. The lowest BCUT2D eigenvalue weighted by Gasteiger charge is -2.07. The third-order valence-corrected chi connectivity index (χ3v) is 5.16. The molecule has 0 saturated heterocycles. The minimum absolute atomic E-state index is 0.0189. The fourth-order valence-corrected chi connectivity index (χ4v) is 3.54. The third kappa shape index (κ3) is 5.80. The summed E-state index contributed by atoms with van der Waals surface area (Å²) in [5.74, 6) is -1.63. The highest BCUT2D eigenvalue weighted by atomic mass is 32.2. The quantitative estimate of drug-likeness (QED) is 0.283. The van der Waals surface area contributed by atoms with E-state index in [1.165, 1.54) is 29.9 Å². The zero-order valence-electron chi connectivity index (χ0n) is 15.6. The lowest BCUT2D eigenvalue weighted by atomic mass is 10.1. The number of halogens is 1. The highest BCUT2D eigenvalue weighted by Gasteiger charge is 2.15. The summed E-state index contributed by atoms with van der Waals surface area (Å²) in [6, 6.07) is 12.8. The molecule has 9 nitrogen and oxygen atoms in total. The van der Waals surface area contributed by atoms with Crippen LogP contribution in [0.3, 0.4) is 0 Å². The maximum atomic E-state index is 13.8. The van der Waals surface area contributed by atoms with Crippen molar-refractivity contribution in [3.05, 3.63) is 77.7 Å². The number of carbonyl (C=O) groups excluding carboxylic acids is 1. The normalized spacial score (nSPS) is 11.7. The van der Waals surface area contributed by atoms with Crippen LogP contribution in [0.15, 0.2) is 60.8 Å². The zero-order chi connectivity index (χ0) is 21.6. The average molecular weight is 431 g/mol. The molecule has 1 amide bonds. The van der Waals surface area contributed by atoms with E-state index >= 15 is 0 Å². The fraction of sp³-hybridized carbons (Fsp3) is 0.105. The van der Waals surface area contributed by atoms with E-state index in [2.05, 4.69) is 15.0 Å². The van der Waals surface area contributed by atoms with Gasteiger partial charge in [-0.15, -0.1) is 5.10 Å². The molecule has 3 rings (SSSR count). The summed E-state index contributed by atoms with van der Waals surface area (Å²) < 4.78 is 42.1. The van der Waals surface area contributed by atoms with E-state index in [1.807, 2.05) is 0 Å². The van der Waals surface area contributed by atoms with E-state index in [0.29, 0.717) is 11.1 Å². The minimum atomic E-state index is -3.75. The van der Waals surface area contributed by atoms with Gasteiger partial charge in [-0.25, -0.2) is 27.7 Å². The first kappa shape index (κ1) is 21.3. The predicted octanol–water partition coefficient (Wildman–Crippen LogP) is 1.68. The Morgan fingerprint density at radius 2 is 2.00 bits per heavy atom.